The molecule has 6 aromatic carbocycles. The van der Waals surface area contributed by atoms with Crippen LogP contribution in [0.2, 0.25) is 5.02 Å². The van der Waals surface area contributed by atoms with Crippen molar-refractivity contribution in [2.24, 2.45) is 0 Å². The summed E-state index contributed by atoms with van der Waals surface area (Å²) in [6.45, 7) is 0. The van der Waals surface area contributed by atoms with Gasteiger partial charge in [0, 0.05) is 16.1 Å². The summed E-state index contributed by atoms with van der Waals surface area (Å²) in [5, 5.41) is 8.44. The van der Waals surface area contributed by atoms with Gasteiger partial charge in [-0.2, -0.15) is 0 Å². The number of hydrogen-bond donors (Lipinski definition) is 0. The summed E-state index contributed by atoms with van der Waals surface area (Å²) in [4.78, 5) is 0. The summed E-state index contributed by atoms with van der Waals surface area (Å²) in [7, 11) is 0.197. The quantitative estimate of drug-likeness (QED) is 0.168. The van der Waals surface area contributed by atoms with E-state index in [4.69, 9.17) is 16.3 Å². The fraction of sp³-hybridized carbons (Fsp3) is 0.0270. The monoisotopic (exact) mass is 586 g/mol. The van der Waals surface area contributed by atoms with Crippen LogP contribution in [0.1, 0.15) is 0 Å². The first-order valence-electron chi connectivity index (χ1n) is 13.5. The van der Waals surface area contributed by atoms with Gasteiger partial charge in [0.15, 0.2) is 0 Å². The molecule has 0 saturated carbocycles. The first kappa shape index (κ1) is 27.4. The van der Waals surface area contributed by atoms with Crippen molar-refractivity contribution in [3.63, 3.8) is 0 Å². The van der Waals surface area contributed by atoms with Gasteiger partial charge in [-0.05, 0) is 71.9 Å². The third kappa shape index (κ3) is 6.00. The maximum absolute atomic E-state index is 6.98. The predicted molar refractivity (Wildman–Crippen MR) is 181 cm³/mol. The van der Waals surface area contributed by atoms with Crippen LogP contribution in [0, 0.1) is 0 Å². The SMILES string of the molecule is COc1ccc(P(c2ccccc2)c2ccccc2)cc1-c1cc(P(c2ccccc2)c2ccccc2)ccc1Cl. The number of rotatable bonds is 8. The average Bonchev–Trinajstić information content (AvgIpc) is 3.04. The summed E-state index contributed by atoms with van der Waals surface area (Å²) < 4.78 is 5.92. The number of halogens is 1. The van der Waals surface area contributed by atoms with Crippen LogP contribution in [0.15, 0.2) is 158 Å². The molecular formula is C37H29ClOP2. The molecule has 4 heteroatoms. The number of benzene rings is 6. The Morgan fingerprint density at radius 1 is 0.415 bits per heavy atom. The third-order valence-electron chi connectivity index (χ3n) is 7.00. The highest BCUT2D eigenvalue weighted by atomic mass is 35.5. The highest BCUT2D eigenvalue weighted by Crippen LogP contribution is 2.41. The Balaban J connectivity index is 1.51. The molecule has 0 spiro atoms. The topological polar surface area (TPSA) is 9.23 Å². The lowest BCUT2D eigenvalue weighted by Crippen LogP contribution is -2.21. The maximum Gasteiger partial charge on any atom is 0.126 e. The van der Waals surface area contributed by atoms with Crippen LogP contribution in [0.3, 0.4) is 0 Å². The second-order valence-electron chi connectivity index (χ2n) is 9.56. The number of ether oxygens (including phenoxy) is 1. The number of methoxy groups -OCH3 is 1. The molecule has 0 aliphatic heterocycles. The molecule has 0 aromatic heterocycles. The fourth-order valence-corrected chi connectivity index (χ4v) is 9.96. The van der Waals surface area contributed by atoms with Gasteiger partial charge >= 0.3 is 0 Å². The van der Waals surface area contributed by atoms with E-state index in [1.807, 2.05) is 6.07 Å². The average molecular weight is 587 g/mol. The molecule has 0 aliphatic rings. The maximum atomic E-state index is 6.98. The Morgan fingerprint density at radius 2 is 0.780 bits per heavy atom. The molecular weight excluding hydrogens is 558 g/mol. The van der Waals surface area contributed by atoms with E-state index in [0.29, 0.717) is 5.02 Å². The smallest absolute Gasteiger partial charge is 0.126 e. The zero-order valence-corrected chi connectivity index (χ0v) is 25.2. The molecule has 6 rings (SSSR count). The van der Waals surface area contributed by atoms with Crippen LogP contribution in [-0.4, -0.2) is 7.11 Å². The molecule has 0 heterocycles. The van der Waals surface area contributed by atoms with E-state index >= 15 is 0 Å². The van der Waals surface area contributed by atoms with Gasteiger partial charge in [0.05, 0.1) is 7.11 Å². The zero-order valence-electron chi connectivity index (χ0n) is 22.7. The Labute approximate surface area is 249 Å². The largest absolute Gasteiger partial charge is 0.496 e. The molecule has 1 nitrogen and oxygen atoms in total. The first-order valence-corrected chi connectivity index (χ1v) is 16.6. The molecule has 0 fully saturated rings. The van der Waals surface area contributed by atoms with Crippen LogP contribution in [-0.2, 0) is 0 Å². The lowest BCUT2D eigenvalue weighted by atomic mass is 10.0. The highest BCUT2D eigenvalue weighted by Gasteiger charge is 2.22. The van der Waals surface area contributed by atoms with Crippen molar-refractivity contribution in [1.29, 1.82) is 0 Å². The van der Waals surface area contributed by atoms with Crippen LogP contribution < -0.4 is 36.6 Å². The minimum absolute atomic E-state index is 0.712. The van der Waals surface area contributed by atoms with E-state index in [1.54, 1.807) is 7.11 Å². The van der Waals surface area contributed by atoms with Gasteiger partial charge in [0.25, 0.3) is 0 Å². The standard InChI is InChI=1S/C37H29ClOP2/c1-39-37-25-23-33(41(30-18-10-4-11-19-30)31-20-12-5-13-21-31)27-35(37)34-26-32(22-24-36(34)38)40(28-14-6-2-7-15-28)29-16-8-3-9-17-29/h2-27H,1H3. The van der Waals surface area contributed by atoms with E-state index < -0.39 is 15.8 Å². The van der Waals surface area contributed by atoms with Crippen molar-refractivity contribution in [3.05, 3.63) is 163 Å². The molecule has 0 saturated heterocycles. The Kier molecular flexibility index (Phi) is 8.60. The van der Waals surface area contributed by atoms with Gasteiger partial charge in [-0.1, -0.05) is 145 Å². The predicted octanol–water partition coefficient (Wildman–Crippen LogP) is 7.53. The third-order valence-corrected chi connectivity index (χ3v) is 12.2. The van der Waals surface area contributed by atoms with E-state index in [2.05, 4.69) is 152 Å². The van der Waals surface area contributed by atoms with Gasteiger partial charge in [0.1, 0.15) is 5.75 Å². The summed E-state index contributed by atoms with van der Waals surface area (Å²) in [5.41, 5.74) is 1.99. The Morgan fingerprint density at radius 3 is 1.17 bits per heavy atom. The zero-order chi connectivity index (χ0) is 28.0. The highest BCUT2D eigenvalue weighted by molar-refractivity contribution is 7.80. The molecule has 0 aliphatic carbocycles. The van der Waals surface area contributed by atoms with Crippen LogP contribution in [0.25, 0.3) is 11.1 Å². The van der Waals surface area contributed by atoms with Gasteiger partial charge < -0.3 is 4.74 Å². The molecule has 0 unspecified atom stereocenters. The normalized spacial score (nSPS) is 11.1. The molecule has 0 atom stereocenters. The first-order chi connectivity index (χ1) is 20.2. The van der Waals surface area contributed by atoms with E-state index in [9.17, 15) is 0 Å². The summed E-state index contributed by atoms with van der Waals surface area (Å²) in [6.07, 6.45) is 0. The fourth-order valence-electron chi connectivity index (χ4n) is 5.11. The van der Waals surface area contributed by atoms with Crippen LogP contribution >= 0.6 is 27.4 Å². The van der Waals surface area contributed by atoms with Gasteiger partial charge in [-0.25, -0.2) is 0 Å². The second-order valence-corrected chi connectivity index (χ2v) is 14.4. The summed E-state index contributed by atoms with van der Waals surface area (Å²) >= 11 is 6.98. The molecule has 0 amide bonds. The summed E-state index contributed by atoms with van der Waals surface area (Å²) in [6, 6.07) is 56.1. The second kappa shape index (κ2) is 12.8. The van der Waals surface area contributed by atoms with Gasteiger partial charge in [-0.3, -0.25) is 0 Å². The van der Waals surface area contributed by atoms with Crippen LogP contribution in [0.4, 0.5) is 0 Å². The van der Waals surface area contributed by atoms with Crippen LogP contribution in [0.5, 0.6) is 5.75 Å². The van der Waals surface area contributed by atoms with E-state index in [1.165, 1.54) is 31.8 Å². The van der Waals surface area contributed by atoms with E-state index in [0.717, 1.165) is 16.9 Å². The molecule has 6 aromatic rings. The Bertz CT molecular complexity index is 1650. The molecule has 0 N–H and O–H groups in total. The van der Waals surface area contributed by atoms with E-state index in [-0.39, 0.29) is 0 Å². The van der Waals surface area contributed by atoms with Crippen molar-refractivity contribution in [1.82, 2.24) is 0 Å². The van der Waals surface area contributed by atoms with Crippen molar-refractivity contribution in [2.45, 2.75) is 0 Å². The molecule has 0 radical (unpaired) electrons. The lowest BCUT2D eigenvalue weighted by Gasteiger charge is -2.23. The molecule has 0 bridgehead atoms. The number of hydrogen-bond acceptors (Lipinski definition) is 1. The molecule has 41 heavy (non-hydrogen) atoms. The van der Waals surface area contributed by atoms with Gasteiger partial charge in [0.2, 0.25) is 0 Å². The minimum atomic E-state index is -0.767. The molecule has 200 valence electrons. The Hall–Kier alpha value is -3.73. The van der Waals surface area contributed by atoms with Crippen molar-refractivity contribution >= 4 is 59.3 Å². The minimum Gasteiger partial charge on any atom is -0.496 e. The van der Waals surface area contributed by atoms with Gasteiger partial charge in [-0.15, -0.1) is 0 Å². The van der Waals surface area contributed by atoms with Crippen molar-refractivity contribution in [2.75, 3.05) is 7.11 Å². The summed E-state index contributed by atoms with van der Waals surface area (Å²) in [5.74, 6) is 0.813. The van der Waals surface area contributed by atoms with Crippen molar-refractivity contribution in [3.8, 4) is 16.9 Å². The lowest BCUT2D eigenvalue weighted by molar-refractivity contribution is 0.416. The van der Waals surface area contributed by atoms with Crippen molar-refractivity contribution < 1.29 is 4.74 Å².